The van der Waals surface area contributed by atoms with Crippen LogP contribution >= 0.6 is 0 Å². The highest BCUT2D eigenvalue weighted by Gasteiger charge is 2.12. The molecule has 0 aliphatic rings. The summed E-state index contributed by atoms with van der Waals surface area (Å²) in [5.74, 6) is -0.258. The van der Waals surface area contributed by atoms with Crippen molar-refractivity contribution >= 4 is 23.1 Å². The van der Waals surface area contributed by atoms with E-state index >= 15 is 0 Å². The van der Waals surface area contributed by atoms with Crippen LogP contribution in [-0.4, -0.2) is 22.9 Å². The van der Waals surface area contributed by atoms with Crippen LogP contribution in [0.25, 0.3) is 0 Å². The van der Waals surface area contributed by atoms with E-state index in [2.05, 4.69) is 15.3 Å². The molecule has 0 saturated carbocycles. The number of nitrogens with zero attached hydrogens (tertiary/aromatic N) is 3. The highest BCUT2D eigenvalue weighted by atomic mass is 19.1. The molecule has 0 unspecified atom stereocenters. The lowest BCUT2D eigenvalue weighted by atomic mass is 10.2. The number of rotatable bonds is 4. The molecule has 0 atom stereocenters. The van der Waals surface area contributed by atoms with E-state index in [0.717, 1.165) is 5.69 Å². The standard InChI is InChI=1S/C18H15FN4O/c1-23(15-8-3-2-4-9-15)17-11-16(20-12-21-17)18(24)22-14-7-5-6-13(19)10-14/h2-12H,1H3,(H,22,24). The van der Waals surface area contributed by atoms with Gasteiger partial charge in [0.15, 0.2) is 0 Å². The topological polar surface area (TPSA) is 58.1 Å². The number of carbonyl (C=O) groups excluding carboxylic acids is 1. The normalized spacial score (nSPS) is 10.2. The molecule has 1 aromatic heterocycles. The van der Waals surface area contributed by atoms with Crippen molar-refractivity contribution in [2.24, 2.45) is 0 Å². The lowest BCUT2D eigenvalue weighted by Gasteiger charge is -2.18. The lowest BCUT2D eigenvalue weighted by molar-refractivity contribution is 0.102. The van der Waals surface area contributed by atoms with E-state index in [1.807, 2.05) is 42.3 Å². The molecule has 3 rings (SSSR count). The van der Waals surface area contributed by atoms with Gasteiger partial charge in [-0.2, -0.15) is 0 Å². The molecular weight excluding hydrogens is 307 g/mol. The van der Waals surface area contributed by atoms with Crippen LogP contribution in [0.2, 0.25) is 0 Å². The Hall–Kier alpha value is -3.28. The van der Waals surface area contributed by atoms with E-state index in [4.69, 9.17) is 0 Å². The minimum absolute atomic E-state index is 0.201. The monoisotopic (exact) mass is 322 g/mol. The third-order valence-corrected chi connectivity index (χ3v) is 3.45. The molecule has 0 saturated heterocycles. The smallest absolute Gasteiger partial charge is 0.274 e. The first-order valence-corrected chi connectivity index (χ1v) is 7.31. The third kappa shape index (κ3) is 3.55. The summed E-state index contributed by atoms with van der Waals surface area (Å²) < 4.78 is 13.2. The van der Waals surface area contributed by atoms with Gasteiger partial charge in [-0.15, -0.1) is 0 Å². The summed E-state index contributed by atoms with van der Waals surface area (Å²) >= 11 is 0. The Bertz CT molecular complexity index is 854. The van der Waals surface area contributed by atoms with E-state index < -0.39 is 11.7 Å². The lowest BCUT2D eigenvalue weighted by Crippen LogP contribution is -2.17. The minimum atomic E-state index is -0.425. The van der Waals surface area contributed by atoms with Crippen molar-refractivity contribution < 1.29 is 9.18 Å². The zero-order chi connectivity index (χ0) is 16.9. The van der Waals surface area contributed by atoms with E-state index in [-0.39, 0.29) is 5.69 Å². The maximum absolute atomic E-state index is 13.2. The average molecular weight is 322 g/mol. The first kappa shape index (κ1) is 15.6. The van der Waals surface area contributed by atoms with E-state index in [1.54, 1.807) is 12.1 Å². The summed E-state index contributed by atoms with van der Waals surface area (Å²) in [6.45, 7) is 0. The van der Waals surface area contributed by atoms with Gasteiger partial charge < -0.3 is 10.2 Å². The molecular formula is C18H15FN4O. The van der Waals surface area contributed by atoms with Gasteiger partial charge in [-0.25, -0.2) is 14.4 Å². The number of nitrogens with one attached hydrogen (secondary N) is 1. The van der Waals surface area contributed by atoms with Crippen LogP contribution in [0, 0.1) is 5.82 Å². The van der Waals surface area contributed by atoms with E-state index in [9.17, 15) is 9.18 Å². The fourth-order valence-corrected chi connectivity index (χ4v) is 2.20. The van der Waals surface area contributed by atoms with Gasteiger partial charge in [-0.3, -0.25) is 4.79 Å². The Morgan fingerprint density at radius 2 is 1.83 bits per heavy atom. The van der Waals surface area contributed by atoms with Crippen molar-refractivity contribution in [1.82, 2.24) is 9.97 Å². The first-order valence-electron chi connectivity index (χ1n) is 7.31. The number of aromatic nitrogens is 2. The predicted octanol–water partition coefficient (Wildman–Crippen LogP) is 3.64. The van der Waals surface area contributed by atoms with Crippen LogP contribution in [0.1, 0.15) is 10.5 Å². The number of benzene rings is 2. The summed E-state index contributed by atoms with van der Waals surface area (Å²) in [5.41, 5.74) is 1.51. The number of amides is 1. The van der Waals surface area contributed by atoms with Gasteiger partial charge in [0.2, 0.25) is 0 Å². The van der Waals surface area contributed by atoms with Gasteiger partial charge in [0.05, 0.1) is 0 Å². The van der Waals surface area contributed by atoms with Crippen LogP contribution in [0.3, 0.4) is 0 Å². The molecule has 1 heterocycles. The molecule has 1 amide bonds. The van der Waals surface area contributed by atoms with Crippen LogP contribution in [-0.2, 0) is 0 Å². The zero-order valence-electron chi connectivity index (χ0n) is 13.0. The molecule has 3 aromatic rings. The maximum Gasteiger partial charge on any atom is 0.274 e. The highest BCUT2D eigenvalue weighted by Crippen LogP contribution is 2.21. The summed E-state index contributed by atoms with van der Waals surface area (Å²) in [4.78, 5) is 22.3. The number of hydrogen-bond donors (Lipinski definition) is 1. The van der Waals surface area contributed by atoms with Crippen molar-refractivity contribution in [2.75, 3.05) is 17.3 Å². The van der Waals surface area contributed by atoms with Crippen LogP contribution < -0.4 is 10.2 Å². The zero-order valence-corrected chi connectivity index (χ0v) is 13.0. The first-order chi connectivity index (χ1) is 11.6. The summed E-state index contributed by atoms with van der Waals surface area (Å²) in [5, 5.41) is 2.62. The maximum atomic E-state index is 13.2. The molecule has 0 aliphatic heterocycles. The molecule has 1 N–H and O–H groups in total. The molecule has 0 fully saturated rings. The van der Waals surface area contributed by atoms with Gasteiger partial charge in [-0.1, -0.05) is 24.3 Å². The molecule has 0 spiro atoms. The quantitative estimate of drug-likeness (QED) is 0.797. The van der Waals surface area contributed by atoms with Crippen LogP contribution in [0.5, 0.6) is 0 Å². The number of halogens is 1. The van der Waals surface area contributed by atoms with Crippen molar-refractivity contribution in [3.8, 4) is 0 Å². The Morgan fingerprint density at radius 1 is 1.04 bits per heavy atom. The second-order valence-electron chi connectivity index (χ2n) is 5.12. The SMILES string of the molecule is CN(c1ccccc1)c1cc(C(=O)Nc2cccc(F)c2)ncn1. The van der Waals surface area contributed by atoms with Gasteiger partial charge in [0, 0.05) is 24.5 Å². The van der Waals surface area contributed by atoms with E-state index in [1.165, 1.54) is 24.5 Å². The Labute approximate surface area is 138 Å². The van der Waals surface area contributed by atoms with E-state index in [0.29, 0.717) is 11.5 Å². The minimum Gasteiger partial charge on any atom is -0.329 e. The number of para-hydroxylation sites is 1. The molecule has 120 valence electrons. The Balaban J connectivity index is 1.81. The number of carbonyl (C=O) groups is 1. The molecule has 5 nitrogen and oxygen atoms in total. The summed E-state index contributed by atoms with van der Waals surface area (Å²) in [6.07, 6.45) is 1.33. The Kier molecular flexibility index (Phi) is 4.47. The third-order valence-electron chi connectivity index (χ3n) is 3.45. The molecule has 6 heteroatoms. The number of anilines is 3. The van der Waals surface area contributed by atoms with Crippen molar-refractivity contribution in [1.29, 1.82) is 0 Å². The van der Waals surface area contributed by atoms with Gasteiger partial charge in [0.1, 0.15) is 23.7 Å². The molecule has 0 bridgehead atoms. The molecule has 24 heavy (non-hydrogen) atoms. The second-order valence-corrected chi connectivity index (χ2v) is 5.12. The summed E-state index contributed by atoms with van der Waals surface area (Å²) in [6, 6.07) is 16.9. The second kappa shape index (κ2) is 6.87. The van der Waals surface area contributed by atoms with Gasteiger partial charge >= 0.3 is 0 Å². The Morgan fingerprint density at radius 3 is 2.58 bits per heavy atom. The predicted molar refractivity (Wildman–Crippen MR) is 90.9 cm³/mol. The van der Waals surface area contributed by atoms with Crippen LogP contribution in [0.15, 0.2) is 67.0 Å². The molecule has 2 aromatic carbocycles. The summed E-state index contributed by atoms with van der Waals surface area (Å²) in [7, 11) is 1.85. The van der Waals surface area contributed by atoms with Crippen LogP contribution in [0.4, 0.5) is 21.6 Å². The molecule has 0 aliphatic carbocycles. The largest absolute Gasteiger partial charge is 0.329 e. The number of hydrogen-bond acceptors (Lipinski definition) is 4. The van der Waals surface area contributed by atoms with Crippen molar-refractivity contribution in [3.63, 3.8) is 0 Å². The van der Waals surface area contributed by atoms with Crippen molar-refractivity contribution in [2.45, 2.75) is 0 Å². The average Bonchev–Trinajstić information content (AvgIpc) is 2.62. The molecule has 0 radical (unpaired) electrons. The van der Waals surface area contributed by atoms with Gasteiger partial charge in [0.25, 0.3) is 5.91 Å². The highest BCUT2D eigenvalue weighted by molar-refractivity contribution is 6.03. The fraction of sp³-hybridized carbons (Fsp3) is 0.0556. The van der Waals surface area contributed by atoms with Crippen molar-refractivity contribution in [3.05, 3.63) is 78.5 Å². The fourth-order valence-electron chi connectivity index (χ4n) is 2.20. The van der Waals surface area contributed by atoms with Gasteiger partial charge in [-0.05, 0) is 30.3 Å².